The number of hydrogen-bond donors (Lipinski definition) is 2. The summed E-state index contributed by atoms with van der Waals surface area (Å²) in [6, 6.07) is 5.15. The summed E-state index contributed by atoms with van der Waals surface area (Å²) >= 11 is 0. The molecule has 0 bridgehead atoms. The lowest BCUT2D eigenvalue weighted by atomic mass is 10.2. The molecular weight excluding hydrogens is 301 g/mol. The number of amides is 2. The van der Waals surface area contributed by atoms with Crippen molar-refractivity contribution in [2.24, 2.45) is 0 Å². The van der Waals surface area contributed by atoms with Gasteiger partial charge in [0.15, 0.2) is 0 Å². The van der Waals surface area contributed by atoms with E-state index in [-0.39, 0.29) is 18.4 Å². The van der Waals surface area contributed by atoms with Crippen LogP contribution in [0.1, 0.15) is 13.3 Å². The molecule has 128 valence electrons. The number of nitrogens with zero attached hydrogens (tertiary/aromatic N) is 1. The third-order valence-electron chi connectivity index (χ3n) is 3.37. The number of benzene rings is 1. The van der Waals surface area contributed by atoms with Crippen molar-refractivity contribution in [1.29, 1.82) is 0 Å². The van der Waals surface area contributed by atoms with Gasteiger partial charge in [-0.05, 0) is 38.6 Å². The minimum Gasteiger partial charge on any atom is -0.385 e. The third-order valence-corrected chi connectivity index (χ3v) is 3.37. The van der Waals surface area contributed by atoms with E-state index in [1.807, 2.05) is 0 Å². The van der Waals surface area contributed by atoms with Crippen molar-refractivity contribution >= 4 is 17.5 Å². The van der Waals surface area contributed by atoms with Gasteiger partial charge in [0.25, 0.3) is 0 Å². The highest BCUT2D eigenvalue weighted by atomic mass is 19.1. The Hall–Kier alpha value is -1.99. The van der Waals surface area contributed by atoms with E-state index in [1.54, 1.807) is 32.0 Å². The number of carbonyl (C=O) groups excluding carboxylic acids is 2. The summed E-state index contributed by atoms with van der Waals surface area (Å²) in [5.74, 6) is -0.876. The van der Waals surface area contributed by atoms with Crippen molar-refractivity contribution in [2.45, 2.75) is 19.4 Å². The fraction of sp³-hybridized carbons (Fsp3) is 0.500. The van der Waals surface area contributed by atoms with Crippen molar-refractivity contribution in [2.75, 3.05) is 39.2 Å². The maximum absolute atomic E-state index is 13.1. The van der Waals surface area contributed by atoms with Gasteiger partial charge < -0.3 is 15.4 Å². The Morgan fingerprint density at radius 2 is 2.13 bits per heavy atom. The van der Waals surface area contributed by atoms with Crippen LogP contribution in [-0.4, -0.2) is 56.6 Å². The molecule has 0 spiro atoms. The highest BCUT2D eigenvalue weighted by molar-refractivity contribution is 5.94. The van der Waals surface area contributed by atoms with Crippen LogP contribution in [0.2, 0.25) is 0 Å². The minimum absolute atomic E-state index is 0.102. The van der Waals surface area contributed by atoms with E-state index in [2.05, 4.69) is 10.6 Å². The van der Waals surface area contributed by atoms with Gasteiger partial charge in [0.1, 0.15) is 5.82 Å². The summed E-state index contributed by atoms with van der Waals surface area (Å²) in [7, 11) is 3.29. The fourth-order valence-corrected chi connectivity index (χ4v) is 1.88. The number of methoxy groups -OCH3 is 1. The van der Waals surface area contributed by atoms with Crippen LogP contribution >= 0.6 is 0 Å². The maximum atomic E-state index is 13.1. The Labute approximate surface area is 136 Å². The van der Waals surface area contributed by atoms with Crippen molar-refractivity contribution < 1.29 is 18.7 Å². The van der Waals surface area contributed by atoms with Gasteiger partial charge >= 0.3 is 0 Å². The second-order valence-electron chi connectivity index (χ2n) is 5.29. The molecule has 1 aromatic rings. The van der Waals surface area contributed by atoms with Gasteiger partial charge in [0.05, 0.1) is 12.6 Å². The molecule has 2 N–H and O–H groups in total. The van der Waals surface area contributed by atoms with Crippen LogP contribution in [0.3, 0.4) is 0 Å². The van der Waals surface area contributed by atoms with Gasteiger partial charge in [-0.2, -0.15) is 0 Å². The zero-order valence-corrected chi connectivity index (χ0v) is 13.8. The Morgan fingerprint density at radius 3 is 2.78 bits per heavy atom. The van der Waals surface area contributed by atoms with Crippen molar-refractivity contribution in [3.8, 4) is 0 Å². The first-order valence-electron chi connectivity index (χ1n) is 7.46. The highest BCUT2D eigenvalue weighted by Gasteiger charge is 2.20. The normalized spacial score (nSPS) is 12.0. The predicted octanol–water partition coefficient (Wildman–Crippen LogP) is 1.24. The molecule has 1 aromatic carbocycles. The number of ether oxygens (including phenoxy) is 1. The first-order chi connectivity index (χ1) is 10.9. The zero-order chi connectivity index (χ0) is 17.2. The highest BCUT2D eigenvalue weighted by Crippen LogP contribution is 2.10. The van der Waals surface area contributed by atoms with Crippen LogP contribution in [-0.2, 0) is 14.3 Å². The van der Waals surface area contributed by atoms with Gasteiger partial charge in [-0.3, -0.25) is 14.5 Å². The zero-order valence-electron chi connectivity index (χ0n) is 13.8. The molecular formula is C16H24FN3O3. The molecule has 0 fully saturated rings. The van der Waals surface area contributed by atoms with Crippen LogP contribution in [0, 0.1) is 5.82 Å². The Balaban J connectivity index is 2.41. The van der Waals surface area contributed by atoms with Crippen LogP contribution in [0.5, 0.6) is 0 Å². The number of anilines is 1. The predicted molar refractivity (Wildman–Crippen MR) is 86.6 cm³/mol. The quantitative estimate of drug-likeness (QED) is 0.670. The van der Waals surface area contributed by atoms with Crippen molar-refractivity contribution in [3.05, 3.63) is 30.1 Å². The molecule has 0 radical (unpaired) electrons. The molecule has 2 amide bonds. The lowest BCUT2D eigenvalue weighted by molar-refractivity contribution is -0.124. The molecule has 0 aliphatic heterocycles. The standard InChI is InChI=1S/C16H24FN3O3/c1-12(16(22)19-14-7-4-6-13(17)10-14)20(2)11-15(21)18-8-5-9-23-3/h4,6-7,10,12H,5,8-9,11H2,1-3H3,(H,18,21)(H,19,22). The van der Waals surface area contributed by atoms with E-state index in [0.29, 0.717) is 18.8 Å². The molecule has 1 atom stereocenters. The summed E-state index contributed by atoms with van der Waals surface area (Å²) in [5.41, 5.74) is 0.388. The average molecular weight is 325 g/mol. The van der Waals surface area contributed by atoms with Gasteiger partial charge in [-0.1, -0.05) is 6.07 Å². The summed E-state index contributed by atoms with van der Waals surface area (Å²) in [5, 5.41) is 5.39. The number of carbonyl (C=O) groups is 2. The largest absolute Gasteiger partial charge is 0.385 e. The van der Waals surface area contributed by atoms with E-state index in [0.717, 1.165) is 6.42 Å². The number of halogens is 1. The van der Waals surface area contributed by atoms with Gasteiger partial charge in [-0.15, -0.1) is 0 Å². The van der Waals surface area contributed by atoms with E-state index in [4.69, 9.17) is 4.74 Å². The van der Waals surface area contributed by atoms with E-state index in [1.165, 1.54) is 18.2 Å². The second-order valence-corrected chi connectivity index (χ2v) is 5.29. The SMILES string of the molecule is COCCCNC(=O)CN(C)C(C)C(=O)Nc1cccc(F)c1. The molecule has 0 saturated heterocycles. The molecule has 0 aliphatic carbocycles. The number of rotatable bonds is 9. The molecule has 1 unspecified atom stereocenters. The summed E-state index contributed by atoms with van der Waals surface area (Å²) in [6.07, 6.45) is 0.738. The lowest BCUT2D eigenvalue weighted by Crippen LogP contribution is -2.45. The molecule has 0 heterocycles. The molecule has 0 saturated carbocycles. The van der Waals surface area contributed by atoms with Gasteiger partial charge in [0.2, 0.25) is 11.8 Å². The molecule has 1 rings (SSSR count). The molecule has 6 nitrogen and oxygen atoms in total. The van der Waals surface area contributed by atoms with Crippen LogP contribution in [0.25, 0.3) is 0 Å². The monoisotopic (exact) mass is 325 g/mol. The lowest BCUT2D eigenvalue weighted by Gasteiger charge is -2.23. The van der Waals surface area contributed by atoms with Crippen LogP contribution < -0.4 is 10.6 Å². The molecule has 23 heavy (non-hydrogen) atoms. The van der Waals surface area contributed by atoms with Crippen LogP contribution in [0.4, 0.5) is 10.1 Å². The first-order valence-corrected chi connectivity index (χ1v) is 7.46. The maximum Gasteiger partial charge on any atom is 0.241 e. The number of likely N-dealkylation sites (N-methyl/N-ethyl adjacent to an activating group) is 1. The second kappa shape index (κ2) is 9.91. The number of nitrogens with one attached hydrogen (secondary N) is 2. The Bertz CT molecular complexity index is 525. The summed E-state index contributed by atoms with van der Waals surface area (Å²) in [4.78, 5) is 25.5. The fourth-order valence-electron chi connectivity index (χ4n) is 1.88. The topological polar surface area (TPSA) is 70.7 Å². The van der Waals surface area contributed by atoms with E-state index < -0.39 is 11.9 Å². The van der Waals surface area contributed by atoms with Crippen molar-refractivity contribution in [3.63, 3.8) is 0 Å². The van der Waals surface area contributed by atoms with Crippen LogP contribution in [0.15, 0.2) is 24.3 Å². The third kappa shape index (κ3) is 7.21. The number of hydrogen-bond acceptors (Lipinski definition) is 4. The van der Waals surface area contributed by atoms with E-state index in [9.17, 15) is 14.0 Å². The van der Waals surface area contributed by atoms with Crippen molar-refractivity contribution in [1.82, 2.24) is 10.2 Å². The molecule has 0 aromatic heterocycles. The smallest absolute Gasteiger partial charge is 0.241 e. The van der Waals surface area contributed by atoms with E-state index >= 15 is 0 Å². The Morgan fingerprint density at radius 1 is 1.39 bits per heavy atom. The minimum atomic E-state index is -0.525. The van der Waals surface area contributed by atoms with Gasteiger partial charge in [-0.25, -0.2) is 4.39 Å². The van der Waals surface area contributed by atoms with Gasteiger partial charge in [0, 0.05) is 25.9 Å². The summed E-state index contributed by atoms with van der Waals surface area (Å²) in [6.45, 7) is 2.91. The molecule has 0 aliphatic rings. The summed E-state index contributed by atoms with van der Waals surface area (Å²) < 4.78 is 18.0. The Kier molecular flexibility index (Phi) is 8.21. The average Bonchev–Trinajstić information content (AvgIpc) is 2.50. The molecule has 7 heteroatoms. The first kappa shape index (κ1) is 19.1.